The Hall–Kier alpha value is -2.70. The number of amides is 1. The number of aryl methyl sites for hydroxylation is 1. The van der Waals surface area contributed by atoms with E-state index in [-0.39, 0.29) is 11.9 Å². The van der Waals surface area contributed by atoms with Crippen molar-refractivity contribution in [1.29, 1.82) is 5.26 Å². The van der Waals surface area contributed by atoms with E-state index in [0.717, 1.165) is 18.5 Å². The molecule has 120 valence electrons. The lowest BCUT2D eigenvalue weighted by Gasteiger charge is -2.23. The van der Waals surface area contributed by atoms with Gasteiger partial charge in [0.05, 0.1) is 16.9 Å². The minimum absolute atomic E-state index is 0.136. The number of benzene rings is 1. The van der Waals surface area contributed by atoms with E-state index in [1.165, 1.54) is 0 Å². The molecular weight excluding hydrogens is 319 g/mol. The lowest BCUT2D eigenvalue weighted by Crippen LogP contribution is -2.38. The molecule has 0 bridgehead atoms. The van der Waals surface area contributed by atoms with Gasteiger partial charge in [-0.15, -0.1) is 8.86 Å². The molecule has 1 aromatic heterocycles. The lowest BCUT2D eigenvalue weighted by molar-refractivity contribution is -0.112. The van der Waals surface area contributed by atoms with Crippen molar-refractivity contribution in [1.82, 2.24) is 4.98 Å². The highest BCUT2D eigenvalue weighted by atomic mass is 31.0. The smallest absolute Gasteiger partial charge is 0.264 e. The second-order valence-electron chi connectivity index (χ2n) is 5.87. The summed E-state index contributed by atoms with van der Waals surface area (Å²) in [6.07, 6.45) is 1.89. The summed E-state index contributed by atoms with van der Waals surface area (Å²) < 4.78 is 0. The van der Waals surface area contributed by atoms with Gasteiger partial charge in [0.25, 0.3) is 5.91 Å². The number of nitrogens with zero attached hydrogens (tertiary/aromatic N) is 3. The van der Waals surface area contributed by atoms with Gasteiger partial charge in [0.2, 0.25) is 0 Å². The van der Waals surface area contributed by atoms with Crippen LogP contribution in [0.25, 0.3) is 0 Å². The minimum Gasteiger partial charge on any atom is -0.399 e. The molecule has 1 saturated carbocycles. The van der Waals surface area contributed by atoms with Gasteiger partial charge in [-0.05, 0) is 43.5 Å². The van der Waals surface area contributed by atoms with Crippen LogP contribution < -0.4 is 10.6 Å². The average molecular weight is 336 g/mol. The molecule has 0 atom stereocenters. The topological polar surface area (TPSA) is 83.0 Å². The number of pyridine rings is 1. The number of aromatic nitrogens is 1. The first kappa shape index (κ1) is 16.2. The van der Waals surface area contributed by atoms with E-state index >= 15 is 0 Å². The lowest BCUT2D eigenvalue weighted by atomic mass is 10.1. The van der Waals surface area contributed by atoms with Crippen molar-refractivity contribution in [2.24, 2.45) is 0 Å². The average Bonchev–Trinajstić information content (AvgIpc) is 3.38. The van der Waals surface area contributed by atoms with Crippen LogP contribution in [0.4, 0.5) is 11.5 Å². The van der Waals surface area contributed by atoms with E-state index in [9.17, 15) is 4.79 Å². The summed E-state index contributed by atoms with van der Waals surface area (Å²) >= 11 is 0. The van der Waals surface area contributed by atoms with Crippen LogP contribution in [0.2, 0.25) is 0 Å². The summed E-state index contributed by atoms with van der Waals surface area (Å²) in [5.74, 6) is 0.383. The second-order valence-corrected chi connectivity index (χ2v) is 6.37. The number of nitrogen functional groups attached to an aromatic ring is 1. The maximum Gasteiger partial charge on any atom is 0.264 e. The molecule has 1 amide bonds. The summed E-state index contributed by atoms with van der Waals surface area (Å²) in [4.78, 5) is 19.2. The van der Waals surface area contributed by atoms with Crippen LogP contribution in [0.15, 0.2) is 36.4 Å². The van der Waals surface area contributed by atoms with Gasteiger partial charge in [-0.2, -0.15) is 5.26 Å². The third kappa shape index (κ3) is 3.29. The van der Waals surface area contributed by atoms with Crippen LogP contribution in [-0.2, 0) is 4.79 Å². The maximum absolute atomic E-state index is 13.0. The van der Waals surface area contributed by atoms with Gasteiger partial charge in [-0.25, -0.2) is 4.98 Å². The second kappa shape index (κ2) is 6.43. The number of hydrogen-bond acceptors (Lipinski definition) is 4. The van der Waals surface area contributed by atoms with Crippen LogP contribution in [0.3, 0.4) is 0 Å². The Morgan fingerprint density at radius 2 is 2.12 bits per heavy atom. The molecule has 5 nitrogen and oxygen atoms in total. The highest BCUT2D eigenvalue weighted by molar-refractivity contribution is 7.27. The largest absolute Gasteiger partial charge is 0.399 e. The van der Waals surface area contributed by atoms with E-state index in [0.29, 0.717) is 27.9 Å². The van der Waals surface area contributed by atoms with Gasteiger partial charge in [0.15, 0.2) is 0 Å². The number of nitrogens with two attached hydrogens (primary N) is 1. The third-order valence-electron chi connectivity index (χ3n) is 3.83. The van der Waals surface area contributed by atoms with E-state index < -0.39 is 0 Å². The Morgan fingerprint density at radius 1 is 1.38 bits per heavy atom. The molecule has 1 aromatic carbocycles. The molecule has 0 radical (unpaired) electrons. The highest BCUT2D eigenvalue weighted by Crippen LogP contribution is 2.32. The van der Waals surface area contributed by atoms with Crippen LogP contribution in [0, 0.1) is 18.3 Å². The van der Waals surface area contributed by atoms with E-state index in [2.05, 4.69) is 19.9 Å². The third-order valence-corrected chi connectivity index (χ3v) is 4.34. The van der Waals surface area contributed by atoms with Crippen LogP contribution in [0.5, 0.6) is 0 Å². The molecule has 24 heavy (non-hydrogen) atoms. The molecule has 1 fully saturated rings. The zero-order chi connectivity index (χ0) is 17.3. The molecule has 1 aliphatic carbocycles. The molecule has 0 saturated heterocycles. The van der Waals surface area contributed by atoms with Crippen molar-refractivity contribution in [3.05, 3.63) is 53.2 Å². The fourth-order valence-electron chi connectivity index (χ4n) is 2.58. The van der Waals surface area contributed by atoms with Crippen molar-refractivity contribution >= 4 is 31.6 Å². The normalized spacial score (nSPS) is 13.2. The van der Waals surface area contributed by atoms with Gasteiger partial charge < -0.3 is 5.73 Å². The van der Waals surface area contributed by atoms with E-state index in [4.69, 9.17) is 11.0 Å². The van der Waals surface area contributed by atoms with Crippen molar-refractivity contribution < 1.29 is 4.79 Å². The van der Waals surface area contributed by atoms with Crippen LogP contribution in [0.1, 0.15) is 29.7 Å². The molecule has 1 heterocycles. The first-order valence-electron chi connectivity index (χ1n) is 7.66. The zero-order valence-electron chi connectivity index (χ0n) is 13.3. The molecular formula is C18H17N4OP. The summed E-state index contributed by atoms with van der Waals surface area (Å²) in [6, 6.07) is 12.6. The Kier molecular flexibility index (Phi) is 4.33. The predicted octanol–water partition coefficient (Wildman–Crippen LogP) is 2.70. The van der Waals surface area contributed by atoms with Gasteiger partial charge in [0, 0.05) is 23.5 Å². The van der Waals surface area contributed by atoms with E-state index in [1.807, 2.05) is 6.92 Å². The quantitative estimate of drug-likeness (QED) is 0.870. The molecule has 2 N–H and O–H groups in total. The minimum atomic E-state index is -0.179. The maximum atomic E-state index is 13.0. The summed E-state index contributed by atoms with van der Waals surface area (Å²) in [6.45, 7) is 1.85. The molecule has 0 aliphatic heterocycles. The SMILES string of the molecule is Cc1cc(N)cc(N(C(=O)C(=P)c2cccc(C#N)c2)C2CC2)n1. The molecule has 2 aromatic rings. The van der Waals surface area contributed by atoms with Crippen molar-refractivity contribution in [3.63, 3.8) is 0 Å². The molecule has 3 rings (SSSR count). The highest BCUT2D eigenvalue weighted by Gasteiger charge is 2.36. The Labute approximate surface area is 142 Å². The van der Waals surface area contributed by atoms with Crippen molar-refractivity contribution in [2.45, 2.75) is 25.8 Å². The number of carbonyl (C=O) groups excluding carboxylic acids is 1. The first-order chi connectivity index (χ1) is 11.5. The summed E-state index contributed by atoms with van der Waals surface area (Å²) in [5.41, 5.74) is 8.44. The Balaban J connectivity index is 1.95. The monoisotopic (exact) mass is 336 g/mol. The molecule has 1 aliphatic rings. The van der Waals surface area contributed by atoms with Gasteiger partial charge in [0.1, 0.15) is 5.82 Å². The number of carbonyl (C=O) groups is 1. The number of anilines is 2. The Morgan fingerprint density at radius 3 is 2.75 bits per heavy atom. The standard InChI is InChI=1S/C18H17N4OP/c1-11-7-14(20)9-16(21-11)22(15-5-6-15)18(23)17(24)13-4-2-3-12(8-13)10-19/h2-4,7-9,15,24H,5-6H2,1H3,(H2,20,21). The van der Waals surface area contributed by atoms with Crippen LogP contribution >= 0.6 is 8.86 Å². The van der Waals surface area contributed by atoms with Crippen molar-refractivity contribution in [3.8, 4) is 6.07 Å². The zero-order valence-corrected chi connectivity index (χ0v) is 14.3. The van der Waals surface area contributed by atoms with Gasteiger partial charge in [-0.1, -0.05) is 12.1 Å². The fourth-order valence-corrected chi connectivity index (χ4v) is 2.85. The van der Waals surface area contributed by atoms with E-state index in [1.54, 1.807) is 41.3 Å². The van der Waals surface area contributed by atoms with Gasteiger partial charge >= 0.3 is 0 Å². The molecule has 6 heteroatoms. The van der Waals surface area contributed by atoms with Gasteiger partial charge in [-0.3, -0.25) is 9.69 Å². The summed E-state index contributed by atoms with van der Waals surface area (Å²) in [7, 11) is 3.46. The van der Waals surface area contributed by atoms with Crippen molar-refractivity contribution in [2.75, 3.05) is 10.6 Å². The van der Waals surface area contributed by atoms with Crippen LogP contribution in [-0.4, -0.2) is 22.2 Å². The predicted molar refractivity (Wildman–Crippen MR) is 97.5 cm³/mol. The fraction of sp³-hybridized carbons (Fsp3) is 0.222. The molecule has 0 unspecified atom stereocenters. The number of nitriles is 1. The summed E-state index contributed by atoms with van der Waals surface area (Å²) in [5, 5.41) is 9.44. The Bertz CT molecular complexity index is 847. The number of hydrogen-bond donors (Lipinski definition) is 1. The first-order valence-corrected chi connectivity index (χ1v) is 8.16. The molecule has 0 spiro atoms. The number of rotatable bonds is 4.